The number of aryl methyl sites for hydroxylation is 1. The maximum atomic E-state index is 6.17. The van der Waals surface area contributed by atoms with Crippen LogP contribution in [0.1, 0.15) is 23.2 Å². The minimum atomic E-state index is -0.203. The molecule has 0 saturated carbocycles. The lowest BCUT2D eigenvalue weighted by Gasteiger charge is -2.07. The zero-order valence-electron chi connectivity index (χ0n) is 11.2. The standard InChI is InChI=1S/C15H16N4O/c1-10-12(7-8-20-10)14-17-15(19-18-14)13(16)9-11-5-3-2-4-6-11/h2-8,13H,9,16H2,1H3,(H,17,18,19)/t13-/m1/s1. The topological polar surface area (TPSA) is 80.7 Å². The van der Waals surface area contributed by atoms with Crippen molar-refractivity contribution in [1.82, 2.24) is 15.2 Å². The van der Waals surface area contributed by atoms with E-state index in [2.05, 4.69) is 27.3 Å². The van der Waals surface area contributed by atoms with E-state index in [4.69, 9.17) is 10.2 Å². The van der Waals surface area contributed by atoms with Crippen LogP contribution in [-0.4, -0.2) is 15.2 Å². The molecule has 3 aromatic rings. The molecule has 0 bridgehead atoms. The second-order valence-corrected chi connectivity index (χ2v) is 4.73. The molecule has 0 saturated heterocycles. The zero-order valence-corrected chi connectivity index (χ0v) is 11.2. The summed E-state index contributed by atoms with van der Waals surface area (Å²) in [6.07, 6.45) is 2.35. The Labute approximate surface area is 116 Å². The van der Waals surface area contributed by atoms with Crippen molar-refractivity contribution in [3.05, 3.63) is 59.8 Å². The Morgan fingerprint density at radius 2 is 2.05 bits per heavy atom. The second kappa shape index (κ2) is 5.30. The highest BCUT2D eigenvalue weighted by atomic mass is 16.3. The Bertz CT molecular complexity index is 687. The Morgan fingerprint density at radius 3 is 2.75 bits per heavy atom. The van der Waals surface area contributed by atoms with Crippen LogP contribution in [0.25, 0.3) is 11.4 Å². The van der Waals surface area contributed by atoms with Gasteiger partial charge in [-0.25, -0.2) is 4.98 Å². The first-order valence-corrected chi connectivity index (χ1v) is 6.50. The van der Waals surface area contributed by atoms with Gasteiger partial charge in [0.05, 0.1) is 17.9 Å². The van der Waals surface area contributed by atoms with Crippen molar-refractivity contribution in [1.29, 1.82) is 0 Å². The van der Waals surface area contributed by atoms with E-state index in [9.17, 15) is 0 Å². The molecule has 0 spiro atoms. The molecule has 1 atom stereocenters. The number of rotatable bonds is 4. The van der Waals surface area contributed by atoms with Crippen LogP contribution >= 0.6 is 0 Å². The fraction of sp³-hybridized carbons (Fsp3) is 0.200. The number of aromatic amines is 1. The second-order valence-electron chi connectivity index (χ2n) is 4.73. The maximum absolute atomic E-state index is 6.17. The van der Waals surface area contributed by atoms with Gasteiger partial charge in [0.15, 0.2) is 5.82 Å². The molecule has 3 N–H and O–H groups in total. The van der Waals surface area contributed by atoms with Crippen molar-refractivity contribution in [2.75, 3.05) is 0 Å². The molecule has 0 fully saturated rings. The Kier molecular flexibility index (Phi) is 3.35. The molecule has 1 aromatic carbocycles. The van der Waals surface area contributed by atoms with E-state index in [0.29, 0.717) is 11.6 Å². The summed E-state index contributed by atoms with van der Waals surface area (Å²) in [6.45, 7) is 1.88. The minimum Gasteiger partial charge on any atom is -0.469 e. The van der Waals surface area contributed by atoms with Gasteiger partial charge in [-0.05, 0) is 25.0 Å². The van der Waals surface area contributed by atoms with Crippen molar-refractivity contribution >= 4 is 0 Å². The number of aromatic nitrogens is 3. The molecule has 0 unspecified atom stereocenters. The number of nitrogens with zero attached hydrogens (tertiary/aromatic N) is 2. The number of hydrogen-bond donors (Lipinski definition) is 2. The summed E-state index contributed by atoms with van der Waals surface area (Å²) in [7, 11) is 0. The molecule has 0 aliphatic heterocycles. The quantitative estimate of drug-likeness (QED) is 0.762. The van der Waals surface area contributed by atoms with Crippen molar-refractivity contribution in [2.24, 2.45) is 5.73 Å². The van der Waals surface area contributed by atoms with E-state index in [1.807, 2.05) is 31.2 Å². The number of nitrogens with one attached hydrogen (secondary N) is 1. The predicted molar refractivity (Wildman–Crippen MR) is 75.9 cm³/mol. The van der Waals surface area contributed by atoms with Crippen molar-refractivity contribution in [3.63, 3.8) is 0 Å². The van der Waals surface area contributed by atoms with Crippen LogP contribution in [0.2, 0.25) is 0 Å². The third kappa shape index (κ3) is 2.48. The summed E-state index contributed by atoms with van der Waals surface area (Å²) < 4.78 is 5.26. The van der Waals surface area contributed by atoms with Gasteiger partial charge >= 0.3 is 0 Å². The van der Waals surface area contributed by atoms with Crippen LogP contribution in [0.5, 0.6) is 0 Å². The molecule has 5 nitrogen and oxygen atoms in total. The fourth-order valence-electron chi connectivity index (χ4n) is 2.14. The van der Waals surface area contributed by atoms with Gasteiger partial charge in [-0.1, -0.05) is 30.3 Å². The van der Waals surface area contributed by atoms with Gasteiger partial charge in [0.2, 0.25) is 0 Å². The molecule has 3 rings (SSSR count). The van der Waals surface area contributed by atoms with Crippen LogP contribution in [0, 0.1) is 6.92 Å². The molecule has 2 aromatic heterocycles. The lowest BCUT2D eigenvalue weighted by molar-refractivity contribution is 0.535. The highest BCUT2D eigenvalue weighted by molar-refractivity contribution is 5.56. The number of furan rings is 1. The van der Waals surface area contributed by atoms with Crippen LogP contribution in [0.15, 0.2) is 47.1 Å². The van der Waals surface area contributed by atoms with Gasteiger partial charge in [-0.3, -0.25) is 5.10 Å². The Morgan fingerprint density at radius 1 is 1.25 bits per heavy atom. The fourth-order valence-corrected chi connectivity index (χ4v) is 2.14. The average molecular weight is 268 g/mol. The van der Waals surface area contributed by atoms with Crippen LogP contribution in [0.3, 0.4) is 0 Å². The largest absolute Gasteiger partial charge is 0.469 e. The molecule has 0 aliphatic rings. The third-order valence-corrected chi connectivity index (χ3v) is 3.25. The number of nitrogens with two attached hydrogens (primary N) is 1. The summed E-state index contributed by atoms with van der Waals surface area (Å²) in [4.78, 5) is 4.46. The lowest BCUT2D eigenvalue weighted by atomic mass is 10.1. The average Bonchev–Trinajstić information content (AvgIpc) is 3.08. The van der Waals surface area contributed by atoms with Gasteiger partial charge < -0.3 is 10.2 Å². The Balaban J connectivity index is 1.78. The molecule has 102 valence electrons. The number of benzene rings is 1. The highest BCUT2D eigenvalue weighted by Gasteiger charge is 2.15. The van der Waals surface area contributed by atoms with E-state index in [1.165, 1.54) is 5.56 Å². The van der Waals surface area contributed by atoms with Crippen molar-refractivity contribution in [3.8, 4) is 11.4 Å². The van der Waals surface area contributed by atoms with Gasteiger partial charge in [0.25, 0.3) is 0 Å². The van der Waals surface area contributed by atoms with E-state index in [0.717, 1.165) is 17.7 Å². The smallest absolute Gasteiger partial charge is 0.184 e. The molecular formula is C15H16N4O. The summed E-state index contributed by atoms with van der Waals surface area (Å²) in [5, 5.41) is 7.12. The van der Waals surface area contributed by atoms with Gasteiger partial charge in [0, 0.05) is 0 Å². The SMILES string of the molecule is Cc1occc1-c1n[nH]c([C@H](N)Cc2ccccc2)n1. The first kappa shape index (κ1) is 12.6. The van der Waals surface area contributed by atoms with Crippen LogP contribution < -0.4 is 5.73 Å². The summed E-state index contributed by atoms with van der Waals surface area (Å²) in [6, 6.07) is 11.7. The molecule has 2 heterocycles. The van der Waals surface area contributed by atoms with E-state index in [1.54, 1.807) is 6.26 Å². The van der Waals surface area contributed by atoms with Crippen molar-refractivity contribution in [2.45, 2.75) is 19.4 Å². The summed E-state index contributed by atoms with van der Waals surface area (Å²) in [5.74, 6) is 2.10. The molecule has 0 aliphatic carbocycles. The maximum Gasteiger partial charge on any atom is 0.184 e. The minimum absolute atomic E-state index is 0.203. The van der Waals surface area contributed by atoms with E-state index in [-0.39, 0.29) is 6.04 Å². The van der Waals surface area contributed by atoms with E-state index >= 15 is 0 Å². The third-order valence-electron chi connectivity index (χ3n) is 3.25. The Hall–Kier alpha value is -2.40. The number of H-pyrrole nitrogens is 1. The highest BCUT2D eigenvalue weighted by Crippen LogP contribution is 2.22. The molecule has 0 radical (unpaired) electrons. The van der Waals surface area contributed by atoms with Gasteiger partial charge in [-0.15, -0.1) is 0 Å². The summed E-state index contributed by atoms with van der Waals surface area (Å²) >= 11 is 0. The monoisotopic (exact) mass is 268 g/mol. The van der Waals surface area contributed by atoms with E-state index < -0.39 is 0 Å². The zero-order chi connectivity index (χ0) is 13.9. The lowest BCUT2D eigenvalue weighted by Crippen LogP contribution is -2.15. The molecule has 20 heavy (non-hydrogen) atoms. The molecule has 5 heteroatoms. The molecule has 0 amide bonds. The summed E-state index contributed by atoms with van der Waals surface area (Å²) in [5.41, 5.74) is 8.24. The number of hydrogen-bond acceptors (Lipinski definition) is 4. The van der Waals surface area contributed by atoms with Gasteiger partial charge in [-0.2, -0.15) is 5.10 Å². The first-order valence-electron chi connectivity index (χ1n) is 6.50. The molecular weight excluding hydrogens is 252 g/mol. The van der Waals surface area contributed by atoms with Crippen LogP contribution in [0.4, 0.5) is 0 Å². The predicted octanol–water partition coefficient (Wildman–Crippen LogP) is 2.62. The normalized spacial score (nSPS) is 12.5. The van der Waals surface area contributed by atoms with Crippen molar-refractivity contribution < 1.29 is 4.42 Å². The first-order chi connectivity index (χ1) is 9.74. The van der Waals surface area contributed by atoms with Crippen LogP contribution in [-0.2, 0) is 6.42 Å². The van der Waals surface area contributed by atoms with Gasteiger partial charge in [0.1, 0.15) is 11.6 Å².